The van der Waals surface area contributed by atoms with E-state index in [4.69, 9.17) is 16.3 Å². The summed E-state index contributed by atoms with van der Waals surface area (Å²) in [5.41, 5.74) is 1.04. The molecule has 3 rings (SSSR count). The van der Waals surface area contributed by atoms with Crippen LogP contribution >= 0.6 is 11.6 Å². The van der Waals surface area contributed by atoms with E-state index < -0.39 is 0 Å². The number of hydrogen-bond donors (Lipinski definition) is 0. The molecule has 2 aromatic rings. The molecule has 1 heterocycles. The van der Waals surface area contributed by atoms with Crippen molar-refractivity contribution in [3.63, 3.8) is 0 Å². The van der Waals surface area contributed by atoms with E-state index in [0.29, 0.717) is 23.4 Å². The van der Waals surface area contributed by atoms with Crippen LogP contribution in [0.25, 0.3) is 0 Å². The number of carbonyl (C=O) groups is 1. The maximum absolute atomic E-state index is 12.4. The molecule has 1 aromatic carbocycles. The van der Waals surface area contributed by atoms with Crippen LogP contribution in [0.15, 0.2) is 48.8 Å². The Kier molecular flexibility index (Phi) is 4.59. The van der Waals surface area contributed by atoms with E-state index in [2.05, 4.69) is 4.98 Å². The normalized spacial score (nSPS) is 13.7. The lowest BCUT2D eigenvalue weighted by molar-refractivity contribution is -0.134. The Labute approximate surface area is 134 Å². The Morgan fingerprint density at radius 1 is 1.27 bits per heavy atom. The van der Waals surface area contributed by atoms with E-state index in [-0.39, 0.29) is 12.5 Å². The number of rotatable bonds is 6. The number of benzene rings is 1. The second-order valence-corrected chi connectivity index (χ2v) is 5.79. The fourth-order valence-electron chi connectivity index (χ4n) is 2.25. The first kappa shape index (κ1) is 14.9. The molecule has 1 fully saturated rings. The summed E-state index contributed by atoms with van der Waals surface area (Å²) in [4.78, 5) is 18.4. The lowest BCUT2D eigenvalue weighted by atomic mass is 10.2. The van der Waals surface area contributed by atoms with Gasteiger partial charge in [0.2, 0.25) is 0 Å². The highest BCUT2D eigenvalue weighted by Crippen LogP contribution is 2.28. The largest absolute Gasteiger partial charge is 0.484 e. The number of hydrogen-bond acceptors (Lipinski definition) is 3. The number of ether oxygens (including phenoxy) is 1. The van der Waals surface area contributed by atoms with E-state index >= 15 is 0 Å². The van der Waals surface area contributed by atoms with Crippen molar-refractivity contribution >= 4 is 17.5 Å². The summed E-state index contributed by atoms with van der Waals surface area (Å²) in [5.74, 6) is 0.649. The molecule has 5 heteroatoms. The molecule has 0 bridgehead atoms. The highest BCUT2D eigenvalue weighted by Gasteiger charge is 2.32. The van der Waals surface area contributed by atoms with Gasteiger partial charge in [-0.15, -0.1) is 0 Å². The molecule has 1 aliphatic carbocycles. The molecule has 0 radical (unpaired) electrons. The lowest BCUT2D eigenvalue weighted by Gasteiger charge is -2.22. The standard InChI is InChI=1S/C17H17ClN2O2/c18-14-3-7-16(8-4-14)22-12-17(21)20(15-5-6-15)11-13-2-1-9-19-10-13/h1-4,7-10,15H,5-6,11-12H2. The van der Waals surface area contributed by atoms with Crippen molar-refractivity contribution in [3.05, 3.63) is 59.4 Å². The van der Waals surface area contributed by atoms with E-state index in [9.17, 15) is 4.79 Å². The molecular weight excluding hydrogens is 300 g/mol. The van der Waals surface area contributed by atoms with Crippen LogP contribution < -0.4 is 4.74 Å². The van der Waals surface area contributed by atoms with Gasteiger partial charge in [0.05, 0.1) is 0 Å². The average molecular weight is 317 g/mol. The molecule has 0 aliphatic heterocycles. The van der Waals surface area contributed by atoms with Crippen molar-refractivity contribution in [3.8, 4) is 5.75 Å². The minimum absolute atomic E-state index is 0.00121. The van der Waals surface area contributed by atoms with E-state index in [0.717, 1.165) is 18.4 Å². The molecule has 0 atom stereocenters. The van der Waals surface area contributed by atoms with Gasteiger partial charge in [-0.1, -0.05) is 17.7 Å². The SMILES string of the molecule is O=C(COc1ccc(Cl)cc1)N(Cc1cccnc1)C1CC1. The predicted molar refractivity (Wildman–Crippen MR) is 84.8 cm³/mol. The zero-order chi connectivity index (χ0) is 15.4. The zero-order valence-electron chi connectivity index (χ0n) is 12.1. The number of pyridine rings is 1. The van der Waals surface area contributed by atoms with Crippen LogP contribution in [-0.2, 0) is 11.3 Å². The van der Waals surface area contributed by atoms with Gasteiger partial charge in [0.1, 0.15) is 5.75 Å². The molecule has 0 spiro atoms. The van der Waals surface area contributed by atoms with Gasteiger partial charge in [-0.3, -0.25) is 9.78 Å². The van der Waals surface area contributed by atoms with Gasteiger partial charge in [-0.05, 0) is 48.7 Å². The van der Waals surface area contributed by atoms with Crippen molar-refractivity contribution in [1.29, 1.82) is 0 Å². The van der Waals surface area contributed by atoms with Gasteiger partial charge in [-0.2, -0.15) is 0 Å². The summed E-state index contributed by atoms with van der Waals surface area (Å²) in [6.45, 7) is 0.625. The van der Waals surface area contributed by atoms with Crippen LogP contribution in [0.1, 0.15) is 18.4 Å². The molecule has 22 heavy (non-hydrogen) atoms. The number of aromatic nitrogens is 1. The number of amides is 1. The van der Waals surface area contributed by atoms with Crippen LogP contribution in [0.2, 0.25) is 5.02 Å². The minimum atomic E-state index is 0.00121. The second-order valence-electron chi connectivity index (χ2n) is 5.36. The first-order valence-corrected chi connectivity index (χ1v) is 7.67. The van der Waals surface area contributed by atoms with Crippen molar-refractivity contribution in [2.45, 2.75) is 25.4 Å². The lowest BCUT2D eigenvalue weighted by Crippen LogP contribution is -2.36. The Morgan fingerprint density at radius 2 is 2.05 bits per heavy atom. The third kappa shape index (κ3) is 3.98. The Hall–Kier alpha value is -2.07. The van der Waals surface area contributed by atoms with E-state index in [1.165, 1.54) is 0 Å². The monoisotopic (exact) mass is 316 g/mol. The summed E-state index contributed by atoms with van der Waals surface area (Å²) in [5, 5.41) is 0.648. The smallest absolute Gasteiger partial charge is 0.261 e. The molecule has 0 N–H and O–H groups in total. The van der Waals surface area contributed by atoms with E-state index in [1.54, 1.807) is 36.7 Å². The first-order valence-electron chi connectivity index (χ1n) is 7.29. The van der Waals surface area contributed by atoms with Crippen molar-refractivity contribution in [2.75, 3.05) is 6.61 Å². The van der Waals surface area contributed by atoms with Gasteiger partial charge in [0.25, 0.3) is 5.91 Å². The highest BCUT2D eigenvalue weighted by molar-refractivity contribution is 6.30. The Bertz CT molecular complexity index is 627. The van der Waals surface area contributed by atoms with Crippen LogP contribution in [0.5, 0.6) is 5.75 Å². The van der Waals surface area contributed by atoms with Crippen LogP contribution in [0, 0.1) is 0 Å². The fourth-order valence-corrected chi connectivity index (χ4v) is 2.38. The minimum Gasteiger partial charge on any atom is -0.484 e. The van der Waals surface area contributed by atoms with Gasteiger partial charge in [0, 0.05) is 30.0 Å². The molecular formula is C17H17ClN2O2. The quantitative estimate of drug-likeness (QED) is 0.821. The van der Waals surface area contributed by atoms with Gasteiger partial charge < -0.3 is 9.64 Å². The Balaban J connectivity index is 1.59. The highest BCUT2D eigenvalue weighted by atomic mass is 35.5. The number of carbonyl (C=O) groups excluding carboxylic acids is 1. The molecule has 4 nitrogen and oxygen atoms in total. The third-order valence-corrected chi connectivity index (χ3v) is 3.81. The molecule has 1 aliphatic rings. The van der Waals surface area contributed by atoms with Crippen molar-refractivity contribution in [1.82, 2.24) is 9.88 Å². The first-order chi connectivity index (χ1) is 10.7. The third-order valence-electron chi connectivity index (χ3n) is 3.56. The molecule has 1 amide bonds. The summed E-state index contributed by atoms with van der Waals surface area (Å²) in [6.07, 6.45) is 5.65. The summed E-state index contributed by atoms with van der Waals surface area (Å²) in [7, 11) is 0. The molecule has 1 aromatic heterocycles. The predicted octanol–water partition coefficient (Wildman–Crippen LogP) is 3.31. The van der Waals surface area contributed by atoms with E-state index in [1.807, 2.05) is 17.0 Å². The summed E-state index contributed by atoms with van der Waals surface area (Å²) in [6, 6.07) is 11.2. The maximum atomic E-state index is 12.4. The number of halogens is 1. The average Bonchev–Trinajstić information content (AvgIpc) is 3.37. The van der Waals surface area contributed by atoms with Gasteiger partial charge >= 0.3 is 0 Å². The summed E-state index contributed by atoms with van der Waals surface area (Å²) >= 11 is 5.83. The van der Waals surface area contributed by atoms with Crippen LogP contribution in [0.3, 0.4) is 0 Å². The molecule has 114 valence electrons. The second kappa shape index (κ2) is 6.79. The fraction of sp³-hybridized carbons (Fsp3) is 0.294. The van der Waals surface area contributed by atoms with Crippen LogP contribution in [-0.4, -0.2) is 28.4 Å². The topological polar surface area (TPSA) is 42.4 Å². The maximum Gasteiger partial charge on any atom is 0.261 e. The molecule has 0 saturated heterocycles. The zero-order valence-corrected chi connectivity index (χ0v) is 12.9. The molecule has 0 unspecified atom stereocenters. The summed E-state index contributed by atoms with van der Waals surface area (Å²) < 4.78 is 5.55. The van der Waals surface area contributed by atoms with Crippen molar-refractivity contribution < 1.29 is 9.53 Å². The molecule has 1 saturated carbocycles. The van der Waals surface area contributed by atoms with Gasteiger partial charge in [0.15, 0.2) is 6.61 Å². The van der Waals surface area contributed by atoms with Crippen molar-refractivity contribution in [2.24, 2.45) is 0 Å². The number of nitrogens with zero attached hydrogens (tertiary/aromatic N) is 2. The Morgan fingerprint density at radius 3 is 2.68 bits per heavy atom. The van der Waals surface area contributed by atoms with Gasteiger partial charge in [-0.25, -0.2) is 0 Å². The van der Waals surface area contributed by atoms with Crippen LogP contribution in [0.4, 0.5) is 0 Å².